The average Bonchev–Trinajstić information content (AvgIpc) is 3.35. The Morgan fingerprint density at radius 2 is 2.07 bits per heavy atom. The molecule has 0 aromatic carbocycles. The van der Waals surface area contributed by atoms with Crippen molar-refractivity contribution < 1.29 is 0 Å². The fourth-order valence-corrected chi connectivity index (χ4v) is 4.88. The van der Waals surface area contributed by atoms with Crippen molar-refractivity contribution in [2.45, 2.75) is 47.7 Å². The first kappa shape index (κ1) is 17.4. The lowest BCUT2D eigenvalue weighted by Gasteiger charge is -2.36. The minimum Gasteiger partial charge on any atom is -0.354 e. The van der Waals surface area contributed by atoms with Gasteiger partial charge in [0.25, 0.3) is 0 Å². The SMILES string of the molecule is CN(c1cnc2c(Sc3ccnc4[nH]ccc34)n[nH]c2n1)C1CCCCC1N. The van der Waals surface area contributed by atoms with E-state index in [4.69, 9.17) is 10.7 Å². The molecule has 4 aromatic heterocycles. The quantitative estimate of drug-likeness (QED) is 0.487. The zero-order valence-electron chi connectivity index (χ0n) is 15.6. The van der Waals surface area contributed by atoms with Gasteiger partial charge in [0, 0.05) is 41.8 Å². The van der Waals surface area contributed by atoms with Crippen LogP contribution in [0.4, 0.5) is 5.82 Å². The maximum absolute atomic E-state index is 6.34. The predicted molar refractivity (Wildman–Crippen MR) is 111 cm³/mol. The molecule has 144 valence electrons. The molecular weight excluding hydrogens is 372 g/mol. The topological polar surface area (TPSA) is 112 Å². The first-order valence-electron chi connectivity index (χ1n) is 9.50. The number of anilines is 1. The Bertz CT molecular complexity index is 1120. The van der Waals surface area contributed by atoms with E-state index in [1.807, 2.05) is 24.5 Å². The summed E-state index contributed by atoms with van der Waals surface area (Å²) >= 11 is 1.56. The highest BCUT2D eigenvalue weighted by atomic mass is 32.2. The number of pyridine rings is 1. The highest BCUT2D eigenvalue weighted by Crippen LogP contribution is 2.34. The highest BCUT2D eigenvalue weighted by Gasteiger charge is 2.27. The van der Waals surface area contributed by atoms with Gasteiger partial charge in [-0.25, -0.2) is 15.0 Å². The summed E-state index contributed by atoms with van der Waals surface area (Å²) in [4.78, 5) is 20.1. The van der Waals surface area contributed by atoms with Gasteiger partial charge >= 0.3 is 0 Å². The Morgan fingerprint density at radius 1 is 1.18 bits per heavy atom. The fourth-order valence-electron chi connectivity index (χ4n) is 3.93. The van der Waals surface area contributed by atoms with Gasteiger partial charge in [0.05, 0.1) is 6.20 Å². The van der Waals surface area contributed by atoms with Crippen molar-refractivity contribution in [1.82, 2.24) is 30.1 Å². The van der Waals surface area contributed by atoms with Crippen molar-refractivity contribution in [2.24, 2.45) is 5.73 Å². The van der Waals surface area contributed by atoms with Crippen LogP contribution in [0.5, 0.6) is 0 Å². The van der Waals surface area contributed by atoms with Crippen LogP contribution >= 0.6 is 11.8 Å². The lowest BCUT2D eigenvalue weighted by atomic mass is 9.90. The normalized spacial score (nSPS) is 20.1. The second kappa shape index (κ2) is 7.06. The number of fused-ring (bicyclic) bond motifs is 2. The van der Waals surface area contributed by atoms with Gasteiger partial charge in [0.1, 0.15) is 17.0 Å². The number of hydrogen-bond donors (Lipinski definition) is 3. The largest absolute Gasteiger partial charge is 0.354 e. The Balaban J connectivity index is 1.44. The van der Waals surface area contributed by atoms with Gasteiger partial charge in [-0.3, -0.25) is 5.10 Å². The van der Waals surface area contributed by atoms with Crippen LogP contribution in [-0.4, -0.2) is 49.3 Å². The second-order valence-electron chi connectivity index (χ2n) is 7.23. The summed E-state index contributed by atoms with van der Waals surface area (Å²) in [6.07, 6.45) is 10.1. The number of hydrogen-bond acceptors (Lipinski definition) is 7. The van der Waals surface area contributed by atoms with Crippen molar-refractivity contribution >= 4 is 39.8 Å². The number of aromatic nitrogens is 6. The zero-order chi connectivity index (χ0) is 19.1. The summed E-state index contributed by atoms with van der Waals surface area (Å²) in [6, 6.07) is 4.49. The average molecular weight is 395 g/mol. The van der Waals surface area contributed by atoms with Crippen molar-refractivity contribution in [2.75, 3.05) is 11.9 Å². The summed E-state index contributed by atoms with van der Waals surface area (Å²) in [6.45, 7) is 0. The Labute approximate surface area is 166 Å². The molecule has 2 unspecified atom stereocenters. The molecule has 28 heavy (non-hydrogen) atoms. The third kappa shape index (κ3) is 3.00. The Hall–Kier alpha value is -2.65. The summed E-state index contributed by atoms with van der Waals surface area (Å²) in [5.41, 5.74) is 8.66. The van der Waals surface area contributed by atoms with E-state index in [1.54, 1.807) is 18.0 Å². The monoisotopic (exact) mass is 394 g/mol. The van der Waals surface area contributed by atoms with Gasteiger partial charge < -0.3 is 15.6 Å². The van der Waals surface area contributed by atoms with E-state index in [-0.39, 0.29) is 6.04 Å². The number of nitrogens with zero attached hydrogens (tertiary/aromatic N) is 5. The van der Waals surface area contributed by atoms with Crippen molar-refractivity contribution in [3.8, 4) is 0 Å². The smallest absolute Gasteiger partial charge is 0.177 e. The standard InChI is InChI=1S/C19H22N8S/c1-27(13-5-3-2-4-12(13)20)15-10-23-16-18(24-15)25-26-19(16)28-14-7-9-22-17-11(14)6-8-21-17/h6-10,12-13H,2-5,20H2,1H3,(H,21,22)(H,24,25,26). The number of rotatable bonds is 4. The Kier molecular flexibility index (Phi) is 4.40. The molecule has 0 bridgehead atoms. The number of likely N-dealkylation sites (N-methyl/N-ethyl adjacent to an activating group) is 1. The van der Waals surface area contributed by atoms with Crippen LogP contribution in [0.25, 0.3) is 22.2 Å². The molecule has 1 saturated carbocycles. The minimum atomic E-state index is 0.180. The summed E-state index contributed by atoms with van der Waals surface area (Å²) in [5, 5.41) is 9.36. The first-order valence-corrected chi connectivity index (χ1v) is 10.3. The molecule has 0 saturated heterocycles. The molecule has 2 atom stereocenters. The molecule has 1 fully saturated rings. The number of aromatic amines is 2. The molecule has 8 nitrogen and oxygen atoms in total. The van der Waals surface area contributed by atoms with E-state index in [0.29, 0.717) is 11.7 Å². The van der Waals surface area contributed by atoms with Gasteiger partial charge in [-0.1, -0.05) is 24.6 Å². The van der Waals surface area contributed by atoms with E-state index in [1.165, 1.54) is 12.8 Å². The van der Waals surface area contributed by atoms with Crippen LogP contribution in [0.1, 0.15) is 25.7 Å². The zero-order valence-corrected chi connectivity index (χ0v) is 16.4. The highest BCUT2D eigenvalue weighted by molar-refractivity contribution is 7.99. The lowest BCUT2D eigenvalue weighted by Crippen LogP contribution is -2.48. The lowest BCUT2D eigenvalue weighted by molar-refractivity contribution is 0.372. The van der Waals surface area contributed by atoms with Gasteiger partial charge in [-0.2, -0.15) is 5.10 Å². The van der Waals surface area contributed by atoms with Crippen LogP contribution in [0.3, 0.4) is 0 Å². The molecule has 0 spiro atoms. The maximum Gasteiger partial charge on any atom is 0.177 e. The van der Waals surface area contributed by atoms with Crippen LogP contribution in [0.2, 0.25) is 0 Å². The van der Waals surface area contributed by atoms with Crippen LogP contribution in [-0.2, 0) is 0 Å². The molecule has 0 amide bonds. The Morgan fingerprint density at radius 3 is 2.96 bits per heavy atom. The molecule has 1 aliphatic carbocycles. The molecule has 5 rings (SSSR count). The third-order valence-electron chi connectivity index (χ3n) is 5.49. The number of nitrogens with two attached hydrogens (primary N) is 1. The predicted octanol–water partition coefficient (Wildman–Crippen LogP) is 3.09. The van der Waals surface area contributed by atoms with Crippen molar-refractivity contribution in [3.05, 3.63) is 30.7 Å². The van der Waals surface area contributed by atoms with Crippen LogP contribution in [0.15, 0.2) is 40.6 Å². The maximum atomic E-state index is 6.34. The molecule has 4 aromatic rings. The van der Waals surface area contributed by atoms with E-state index in [0.717, 1.165) is 45.1 Å². The molecule has 4 N–H and O–H groups in total. The second-order valence-corrected chi connectivity index (χ2v) is 8.26. The number of H-pyrrole nitrogens is 2. The van der Waals surface area contributed by atoms with E-state index >= 15 is 0 Å². The van der Waals surface area contributed by atoms with E-state index < -0.39 is 0 Å². The summed E-state index contributed by atoms with van der Waals surface area (Å²) in [5.74, 6) is 0.826. The van der Waals surface area contributed by atoms with Gasteiger partial charge in [-0.05, 0) is 25.0 Å². The molecule has 0 radical (unpaired) electrons. The van der Waals surface area contributed by atoms with E-state index in [2.05, 4.69) is 37.1 Å². The minimum absolute atomic E-state index is 0.180. The molecule has 9 heteroatoms. The summed E-state index contributed by atoms with van der Waals surface area (Å²) < 4.78 is 0. The summed E-state index contributed by atoms with van der Waals surface area (Å²) in [7, 11) is 2.05. The van der Waals surface area contributed by atoms with Crippen LogP contribution < -0.4 is 10.6 Å². The third-order valence-corrected chi connectivity index (χ3v) is 6.55. The molecular formula is C19H22N8S. The first-order chi connectivity index (χ1) is 13.7. The van der Waals surface area contributed by atoms with Crippen molar-refractivity contribution in [3.63, 3.8) is 0 Å². The molecule has 4 heterocycles. The van der Waals surface area contributed by atoms with E-state index in [9.17, 15) is 0 Å². The van der Waals surface area contributed by atoms with Gasteiger partial charge in [0.2, 0.25) is 0 Å². The number of nitrogens with one attached hydrogen (secondary N) is 2. The molecule has 0 aliphatic heterocycles. The van der Waals surface area contributed by atoms with Crippen LogP contribution in [0, 0.1) is 0 Å². The van der Waals surface area contributed by atoms with Gasteiger partial charge in [-0.15, -0.1) is 0 Å². The van der Waals surface area contributed by atoms with Crippen molar-refractivity contribution in [1.29, 1.82) is 0 Å². The fraction of sp³-hybridized carbons (Fsp3) is 0.368. The molecule has 1 aliphatic rings. The van der Waals surface area contributed by atoms with Gasteiger partial charge in [0.15, 0.2) is 10.7 Å².